The molecule has 1 aromatic carbocycles. The number of carbonyl (C=O) groups excluding carboxylic acids is 2. The minimum atomic E-state index is -1.14. The van der Waals surface area contributed by atoms with Crippen molar-refractivity contribution in [3.8, 4) is 0 Å². The number of halogens is 1. The molecule has 1 fully saturated rings. The van der Waals surface area contributed by atoms with E-state index in [4.69, 9.17) is 9.84 Å². The van der Waals surface area contributed by atoms with Crippen molar-refractivity contribution in [2.75, 3.05) is 18.4 Å². The number of ether oxygens (including phenoxy) is 1. The number of morpholine rings is 1. The van der Waals surface area contributed by atoms with Gasteiger partial charge in [-0.05, 0) is 24.6 Å². The fourth-order valence-corrected chi connectivity index (χ4v) is 3.15. The number of carbonyl (C=O) groups is 3. The average Bonchev–Trinajstić information content (AvgIpc) is 2.52. The van der Waals surface area contributed by atoms with E-state index in [-0.39, 0.29) is 37.0 Å². The number of benzene rings is 1. The summed E-state index contributed by atoms with van der Waals surface area (Å²) >= 11 is 0. The highest BCUT2D eigenvalue weighted by molar-refractivity contribution is 6.01. The number of rotatable bonds is 2. The molecule has 0 saturated carbocycles. The fourth-order valence-electron chi connectivity index (χ4n) is 3.15. The highest BCUT2D eigenvalue weighted by Crippen LogP contribution is 2.34. The lowest BCUT2D eigenvalue weighted by Crippen LogP contribution is -2.53. The van der Waals surface area contributed by atoms with Crippen LogP contribution in [0.5, 0.6) is 0 Å². The molecule has 2 aliphatic heterocycles. The van der Waals surface area contributed by atoms with Crippen LogP contribution in [0.2, 0.25) is 0 Å². The summed E-state index contributed by atoms with van der Waals surface area (Å²) in [5, 5.41) is 11.7. The zero-order chi connectivity index (χ0) is 17.4. The highest BCUT2D eigenvalue weighted by atomic mass is 19.1. The molecule has 3 rings (SSSR count). The molecular formula is C16H17FN2O5. The SMILES string of the molecule is C[C@@H]1CN(C(=O)C2CC(=O)Nc3cc(F)ccc32)CC(C(=O)O)O1. The van der Waals surface area contributed by atoms with Gasteiger partial charge in [0.15, 0.2) is 6.10 Å². The van der Waals surface area contributed by atoms with E-state index in [2.05, 4.69) is 5.32 Å². The smallest absolute Gasteiger partial charge is 0.334 e. The van der Waals surface area contributed by atoms with Crippen LogP contribution in [0.3, 0.4) is 0 Å². The van der Waals surface area contributed by atoms with Crippen LogP contribution in [0, 0.1) is 5.82 Å². The molecule has 2 unspecified atom stereocenters. The first kappa shape index (κ1) is 16.4. The Morgan fingerprint density at radius 2 is 2.12 bits per heavy atom. The molecule has 2 amide bonds. The van der Waals surface area contributed by atoms with Gasteiger partial charge in [-0.15, -0.1) is 0 Å². The van der Waals surface area contributed by atoms with Crippen molar-refractivity contribution in [1.29, 1.82) is 0 Å². The lowest BCUT2D eigenvalue weighted by molar-refractivity contribution is -0.167. The average molecular weight is 336 g/mol. The van der Waals surface area contributed by atoms with Crippen molar-refractivity contribution in [1.82, 2.24) is 4.90 Å². The van der Waals surface area contributed by atoms with Crippen LogP contribution in [-0.2, 0) is 19.1 Å². The van der Waals surface area contributed by atoms with Crippen molar-refractivity contribution >= 4 is 23.5 Å². The molecule has 2 N–H and O–H groups in total. The molecule has 2 aliphatic rings. The first-order valence-corrected chi connectivity index (χ1v) is 7.61. The second-order valence-electron chi connectivity index (χ2n) is 6.05. The van der Waals surface area contributed by atoms with Crippen LogP contribution in [0.4, 0.5) is 10.1 Å². The molecule has 7 nitrogen and oxygen atoms in total. The zero-order valence-corrected chi connectivity index (χ0v) is 13.0. The van der Waals surface area contributed by atoms with E-state index in [0.29, 0.717) is 5.56 Å². The van der Waals surface area contributed by atoms with Crippen molar-refractivity contribution < 1.29 is 28.6 Å². The van der Waals surface area contributed by atoms with Gasteiger partial charge in [0.05, 0.1) is 18.6 Å². The molecule has 1 aromatic rings. The Kier molecular flexibility index (Phi) is 4.23. The number of fused-ring (bicyclic) bond motifs is 1. The summed E-state index contributed by atoms with van der Waals surface area (Å²) in [6.45, 7) is 1.86. The monoisotopic (exact) mass is 336 g/mol. The summed E-state index contributed by atoms with van der Waals surface area (Å²) < 4.78 is 18.7. The largest absolute Gasteiger partial charge is 0.479 e. The van der Waals surface area contributed by atoms with Crippen molar-refractivity contribution in [3.63, 3.8) is 0 Å². The van der Waals surface area contributed by atoms with Crippen LogP contribution in [0.25, 0.3) is 0 Å². The minimum absolute atomic E-state index is 0.0546. The van der Waals surface area contributed by atoms with Crippen LogP contribution in [-0.4, -0.2) is 53.1 Å². The summed E-state index contributed by atoms with van der Waals surface area (Å²) in [5.41, 5.74) is 0.813. The predicted molar refractivity (Wildman–Crippen MR) is 80.9 cm³/mol. The number of anilines is 1. The van der Waals surface area contributed by atoms with Gasteiger partial charge in [0.1, 0.15) is 5.82 Å². The van der Waals surface area contributed by atoms with E-state index in [1.807, 2.05) is 0 Å². The Balaban J connectivity index is 1.87. The van der Waals surface area contributed by atoms with Crippen LogP contribution in [0.1, 0.15) is 24.8 Å². The lowest BCUT2D eigenvalue weighted by Gasteiger charge is -2.37. The van der Waals surface area contributed by atoms with E-state index >= 15 is 0 Å². The van der Waals surface area contributed by atoms with E-state index in [1.165, 1.54) is 23.1 Å². The third-order valence-electron chi connectivity index (χ3n) is 4.20. The summed E-state index contributed by atoms with van der Waals surface area (Å²) in [4.78, 5) is 37.3. The molecule has 0 bridgehead atoms. The molecule has 24 heavy (non-hydrogen) atoms. The van der Waals surface area contributed by atoms with Crippen LogP contribution >= 0.6 is 0 Å². The summed E-state index contributed by atoms with van der Waals surface area (Å²) in [6, 6.07) is 3.89. The highest BCUT2D eigenvalue weighted by Gasteiger charge is 2.38. The number of hydrogen-bond donors (Lipinski definition) is 2. The second kappa shape index (κ2) is 6.20. The molecule has 0 aromatic heterocycles. The Morgan fingerprint density at radius 1 is 1.38 bits per heavy atom. The predicted octanol–water partition coefficient (Wildman–Crippen LogP) is 0.952. The fraction of sp³-hybridized carbons (Fsp3) is 0.438. The number of aliphatic carboxylic acids is 1. The standard InChI is InChI=1S/C16H17FN2O5/c1-8-6-19(7-13(24-8)16(22)23)15(21)11-5-14(20)18-12-4-9(17)2-3-10(11)12/h2-4,8,11,13H,5-7H2,1H3,(H,18,20)(H,22,23)/t8-,11?,13?/m1/s1. The second-order valence-corrected chi connectivity index (χ2v) is 6.05. The van der Waals surface area contributed by atoms with Gasteiger partial charge in [0.2, 0.25) is 11.8 Å². The summed E-state index contributed by atoms with van der Waals surface area (Å²) in [7, 11) is 0. The molecule has 0 radical (unpaired) electrons. The molecule has 0 aliphatic carbocycles. The zero-order valence-electron chi connectivity index (χ0n) is 13.0. The molecule has 2 heterocycles. The maximum absolute atomic E-state index is 13.4. The Bertz CT molecular complexity index is 708. The number of carboxylic acid groups (broad SMARTS) is 1. The molecule has 128 valence electrons. The van der Waals surface area contributed by atoms with Gasteiger partial charge in [-0.25, -0.2) is 9.18 Å². The van der Waals surface area contributed by atoms with Crippen LogP contribution in [0.15, 0.2) is 18.2 Å². The van der Waals surface area contributed by atoms with E-state index in [9.17, 15) is 18.8 Å². The van der Waals surface area contributed by atoms with Crippen molar-refractivity contribution in [3.05, 3.63) is 29.6 Å². The van der Waals surface area contributed by atoms with Gasteiger partial charge < -0.3 is 20.1 Å². The van der Waals surface area contributed by atoms with Gasteiger partial charge in [-0.1, -0.05) is 6.07 Å². The first-order chi connectivity index (χ1) is 11.3. The molecular weight excluding hydrogens is 319 g/mol. The minimum Gasteiger partial charge on any atom is -0.479 e. The quantitative estimate of drug-likeness (QED) is 0.838. The van der Waals surface area contributed by atoms with Gasteiger partial charge in [-0.3, -0.25) is 9.59 Å². The Hall–Kier alpha value is -2.48. The maximum Gasteiger partial charge on any atom is 0.334 e. The van der Waals surface area contributed by atoms with Gasteiger partial charge in [0.25, 0.3) is 0 Å². The molecule has 1 saturated heterocycles. The Morgan fingerprint density at radius 3 is 2.83 bits per heavy atom. The van der Waals surface area contributed by atoms with Crippen LogP contribution < -0.4 is 5.32 Å². The normalized spacial score (nSPS) is 26.5. The number of nitrogens with one attached hydrogen (secondary N) is 1. The Labute approximate surface area is 137 Å². The lowest BCUT2D eigenvalue weighted by atomic mass is 9.89. The van der Waals surface area contributed by atoms with Crippen molar-refractivity contribution in [2.45, 2.75) is 31.5 Å². The topological polar surface area (TPSA) is 95.9 Å². The molecule has 3 atom stereocenters. The van der Waals surface area contributed by atoms with E-state index < -0.39 is 29.9 Å². The third-order valence-corrected chi connectivity index (χ3v) is 4.20. The maximum atomic E-state index is 13.4. The summed E-state index contributed by atoms with van der Waals surface area (Å²) in [5.74, 6) is -3.12. The number of hydrogen-bond acceptors (Lipinski definition) is 4. The number of carboxylic acids is 1. The van der Waals surface area contributed by atoms with E-state index in [1.54, 1.807) is 6.92 Å². The van der Waals surface area contributed by atoms with Gasteiger partial charge in [0, 0.05) is 18.7 Å². The number of nitrogens with zero attached hydrogens (tertiary/aromatic N) is 1. The first-order valence-electron chi connectivity index (χ1n) is 7.61. The third kappa shape index (κ3) is 3.09. The van der Waals surface area contributed by atoms with Gasteiger partial charge in [-0.2, -0.15) is 0 Å². The van der Waals surface area contributed by atoms with Crippen molar-refractivity contribution in [2.24, 2.45) is 0 Å². The summed E-state index contributed by atoms with van der Waals surface area (Å²) in [6.07, 6.45) is -1.57. The number of amides is 2. The molecule has 0 spiro atoms. The van der Waals surface area contributed by atoms with E-state index in [0.717, 1.165) is 0 Å². The van der Waals surface area contributed by atoms with Gasteiger partial charge >= 0.3 is 5.97 Å². The molecule has 8 heteroatoms.